The predicted molar refractivity (Wildman–Crippen MR) is 105 cm³/mol. The topological polar surface area (TPSA) is 77.6 Å². The third-order valence-electron chi connectivity index (χ3n) is 5.84. The maximum absolute atomic E-state index is 12.9. The molecule has 1 atom stereocenters. The van der Waals surface area contributed by atoms with E-state index < -0.39 is 17.8 Å². The Bertz CT molecular complexity index is 1140. The van der Waals surface area contributed by atoms with Crippen molar-refractivity contribution < 1.29 is 18.0 Å². The lowest BCUT2D eigenvalue weighted by molar-refractivity contribution is -0.141. The molecule has 3 heterocycles. The Balaban J connectivity index is 1.39. The average Bonchev–Trinajstić information content (AvgIpc) is 3.35. The first-order valence-corrected chi connectivity index (χ1v) is 10.3. The Morgan fingerprint density at radius 2 is 2.00 bits per heavy atom. The van der Waals surface area contributed by atoms with Crippen molar-refractivity contribution in [2.24, 2.45) is 7.05 Å². The summed E-state index contributed by atoms with van der Waals surface area (Å²) in [6.07, 6.45) is 3.71. The third kappa shape index (κ3) is 3.82. The zero-order valence-electron chi connectivity index (χ0n) is 16.9. The molecule has 31 heavy (non-hydrogen) atoms. The van der Waals surface area contributed by atoms with Gasteiger partial charge in [-0.25, -0.2) is 4.68 Å². The second-order valence-corrected chi connectivity index (χ2v) is 8.14. The van der Waals surface area contributed by atoms with E-state index in [4.69, 9.17) is 5.10 Å². The second-order valence-electron chi connectivity index (χ2n) is 8.14. The van der Waals surface area contributed by atoms with Crippen molar-refractivity contribution in [1.82, 2.24) is 29.9 Å². The minimum absolute atomic E-state index is 0.130. The molecule has 2 aliphatic carbocycles. The zero-order chi connectivity index (χ0) is 21.8. The van der Waals surface area contributed by atoms with Crippen LogP contribution in [-0.2, 0) is 19.6 Å². The molecule has 2 aliphatic rings. The Morgan fingerprint density at radius 1 is 1.19 bits per heavy atom. The molecule has 0 radical (unpaired) electrons. The molecule has 0 unspecified atom stereocenters. The van der Waals surface area contributed by atoms with Crippen molar-refractivity contribution in [1.29, 1.82) is 0 Å². The lowest BCUT2D eigenvalue weighted by Gasteiger charge is -2.22. The van der Waals surface area contributed by atoms with Crippen LogP contribution in [0.3, 0.4) is 0 Å². The zero-order valence-corrected chi connectivity index (χ0v) is 16.9. The molecule has 1 saturated carbocycles. The normalized spacial score (nSPS) is 18.6. The number of hydrogen-bond donors (Lipinski definition) is 1. The highest BCUT2D eigenvalue weighted by Crippen LogP contribution is 2.39. The highest BCUT2D eigenvalue weighted by molar-refractivity contribution is 5.93. The quantitative estimate of drug-likeness (QED) is 0.685. The van der Waals surface area contributed by atoms with Gasteiger partial charge in [0.05, 0.1) is 17.4 Å². The summed E-state index contributed by atoms with van der Waals surface area (Å²) in [6.45, 7) is 0. The first kappa shape index (κ1) is 19.8. The molecule has 0 saturated heterocycles. The van der Waals surface area contributed by atoms with E-state index in [1.807, 2.05) is 18.3 Å². The molecule has 0 bridgehead atoms. The number of amides is 1. The highest BCUT2D eigenvalue weighted by Gasteiger charge is 2.36. The number of rotatable bonds is 4. The summed E-state index contributed by atoms with van der Waals surface area (Å²) in [5.74, 6) is -0.0614. The third-order valence-corrected chi connectivity index (χ3v) is 5.84. The number of hydrogen-bond acceptors (Lipinski definition) is 4. The molecule has 1 N–H and O–H groups in total. The second kappa shape index (κ2) is 7.21. The number of nitrogens with one attached hydrogen (secondary N) is 1. The van der Waals surface area contributed by atoms with Crippen LogP contribution in [0, 0.1) is 0 Å². The molecular weight excluding hydrogens is 409 g/mol. The standard InChI is InChI=1S/C21H21F3N6O/c1-29-18(10-19(28-29)21(22,23)24)20(31)26-15-3-2-4-16-14(15)11-30(27-16)13-7-8-25-17(9-13)12-5-6-12/h7-12,15H,2-6H2,1H3,(H,26,31)/t15-/m0/s1. The SMILES string of the molecule is Cn1nc(C(F)(F)F)cc1C(=O)N[C@H]1CCCc2nn(-c3ccnc(C4CC4)c3)cc21. The number of fused-ring (bicyclic) bond motifs is 1. The van der Waals surface area contributed by atoms with Crippen LogP contribution in [0.2, 0.25) is 0 Å². The van der Waals surface area contributed by atoms with E-state index >= 15 is 0 Å². The van der Waals surface area contributed by atoms with Crippen LogP contribution in [0.25, 0.3) is 5.69 Å². The lowest BCUT2D eigenvalue weighted by Crippen LogP contribution is -2.31. The molecule has 7 nitrogen and oxygen atoms in total. The Labute approximate surface area is 176 Å². The van der Waals surface area contributed by atoms with Crippen molar-refractivity contribution in [3.63, 3.8) is 0 Å². The number of aromatic nitrogens is 5. The number of alkyl halides is 3. The number of halogens is 3. The number of carbonyl (C=O) groups is 1. The minimum Gasteiger partial charge on any atom is -0.344 e. The van der Waals surface area contributed by atoms with Gasteiger partial charge in [-0.1, -0.05) is 0 Å². The van der Waals surface area contributed by atoms with Crippen molar-refractivity contribution >= 4 is 5.91 Å². The summed E-state index contributed by atoms with van der Waals surface area (Å²) in [5, 5.41) is 11.0. The molecular formula is C21H21F3N6O. The summed E-state index contributed by atoms with van der Waals surface area (Å²) < 4.78 is 41.5. The van der Waals surface area contributed by atoms with Gasteiger partial charge in [-0.05, 0) is 44.2 Å². The lowest BCUT2D eigenvalue weighted by atomic mass is 9.93. The van der Waals surface area contributed by atoms with E-state index in [9.17, 15) is 18.0 Å². The fourth-order valence-electron chi connectivity index (χ4n) is 4.05. The van der Waals surface area contributed by atoms with Crippen molar-refractivity contribution in [2.75, 3.05) is 0 Å². The maximum Gasteiger partial charge on any atom is 0.435 e. The van der Waals surface area contributed by atoms with Crippen molar-refractivity contribution in [2.45, 2.75) is 50.2 Å². The smallest absolute Gasteiger partial charge is 0.344 e. The van der Waals surface area contributed by atoms with E-state index in [1.165, 1.54) is 7.05 Å². The van der Waals surface area contributed by atoms with E-state index in [2.05, 4.69) is 15.4 Å². The van der Waals surface area contributed by atoms with Gasteiger partial charge in [-0.3, -0.25) is 14.5 Å². The van der Waals surface area contributed by atoms with E-state index in [0.717, 1.165) is 59.1 Å². The fraction of sp³-hybridized carbons (Fsp3) is 0.429. The molecule has 0 aliphatic heterocycles. The van der Waals surface area contributed by atoms with E-state index in [0.29, 0.717) is 12.3 Å². The number of aryl methyl sites for hydroxylation is 2. The van der Waals surface area contributed by atoms with Gasteiger partial charge in [-0.15, -0.1) is 0 Å². The Morgan fingerprint density at radius 3 is 2.71 bits per heavy atom. The van der Waals surface area contributed by atoms with Crippen LogP contribution in [0.5, 0.6) is 0 Å². The van der Waals surface area contributed by atoms with Crippen molar-refractivity contribution in [3.05, 3.63) is 58.9 Å². The monoisotopic (exact) mass is 430 g/mol. The molecule has 162 valence electrons. The van der Waals surface area contributed by atoms with Gasteiger partial charge in [0.25, 0.3) is 5.91 Å². The summed E-state index contributed by atoms with van der Waals surface area (Å²) >= 11 is 0. The average molecular weight is 430 g/mol. The number of pyridine rings is 1. The predicted octanol–water partition coefficient (Wildman–Crippen LogP) is 3.70. The molecule has 3 aromatic heterocycles. The van der Waals surface area contributed by atoms with Gasteiger partial charge < -0.3 is 5.32 Å². The minimum atomic E-state index is -4.60. The van der Waals surface area contributed by atoms with Crippen LogP contribution in [0.1, 0.15) is 70.8 Å². The largest absolute Gasteiger partial charge is 0.435 e. The maximum atomic E-state index is 12.9. The van der Waals surface area contributed by atoms with Crippen LogP contribution < -0.4 is 5.32 Å². The molecule has 3 aromatic rings. The summed E-state index contributed by atoms with van der Waals surface area (Å²) in [5.41, 5.74) is 2.55. The summed E-state index contributed by atoms with van der Waals surface area (Å²) in [4.78, 5) is 17.2. The van der Waals surface area contributed by atoms with Gasteiger partial charge in [0, 0.05) is 42.7 Å². The summed E-state index contributed by atoms with van der Waals surface area (Å²) in [6, 6.07) is 4.39. The number of nitrogens with zero attached hydrogens (tertiary/aromatic N) is 5. The molecule has 10 heteroatoms. The molecule has 0 spiro atoms. The Kier molecular flexibility index (Phi) is 4.60. The van der Waals surface area contributed by atoms with Gasteiger partial charge in [0.1, 0.15) is 5.69 Å². The van der Waals surface area contributed by atoms with Gasteiger partial charge >= 0.3 is 6.18 Å². The van der Waals surface area contributed by atoms with Gasteiger partial charge in [0.2, 0.25) is 0 Å². The summed E-state index contributed by atoms with van der Waals surface area (Å²) in [7, 11) is 1.33. The molecule has 5 rings (SSSR count). The van der Waals surface area contributed by atoms with Crippen molar-refractivity contribution in [3.8, 4) is 5.69 Å². The van der Waals surface area contributed by atoms with Crippen LogP contribution in [0.15, 0.2) is 30.6 Å². The van der Waals surface area contributed by atoms with Crippen LogP contribution in [-0.4, -0.2) is 30.5 Å². The fourth-order valence-corrected chi connectivity index (χ4v) is 4.05. The van der Waals surface area contributed by atoms with Crippen LogP contribution in [0.4, 0.5) is 13.2 Å². The van der Waals surface area contributed by atoms with E-state index in [1.54, 1.807) is 10.9 Å². The van der Waals surface area contributed by atoms with E-state index in [-0.39, 0.29) is 11.7 Å². The van der Waals surface area contributed by atoms with Crippen LogP contribution >= 0.6 is 0 Å². The molecule has 1 fully saturated rings. The first-order valence-electron chi connectivity index (χ1n) is 10.3. The number of carbonyl (C=O) groups excluding carboxylic acids is 1. The Hall–Kier alpha value is -3.17. The molecule has 0 aromatic carbocycles. The first-order chi connectivity index (χ1) is 14.8. The molecule has 1 amide bonds. The van der Waals surface area contributed by atoms with Gasteiger partial charge in [0.15, 0.2) is 5.69 Å². The van der Waals surface area contributed by atoms with Gasteiger partial charge in [-0.2, -0.15) is 23.4 Å². The highest BCUT2D eigenvalue weighted by atomic mass is 19.4.